The summed E-state index contributed by atoms with van der Waals surface area (Å²) in [6, 6.07) is 0. The molecule has 0 aromatic rings. The van der Waals surface area contributed by atoms with Crippen molar-refractivity contribution in [1.29, 1.82) is 0 Å². The molecule has 0 aromatic carbocycles. The lowest BCUT2D eigenvalue weighted by Crippen LogP contribution is -2.41. The predicted octanol–water partition coefficient (Wildman–Crippen LogP) is 6.58. The Morgan fingerprint density at radius 3 is 2.17 bits per heavy atom. The molecule has 1 aliphatic rings. The molecule has 0 aliphatic carbocycles. The monoisotopic (exact) mass is 412 g/mol. The largest absolute Gasteiger partial charge is 0.476 e. The van der Waals surface area contributed by atoms with Crippen molar-refractivity contribution >= 4 is 5.90 Å². The number of hydrogen-bond acceptors (Lipinski definition) is 4. The molecule has 4 unspecified atom stereocenters. The fourth-order valence-corrected chi connectivity index (χ4v) is 4.17. The van der Waals surface area contributed by atoms with Gasteiger partial charge in [0.05, 0.1) is 12.0 Å². The minimum absolute atomic E-state index is 0.202. The average Bonchev–Trinajstić information content (AvgIpc) is 2.77. The summed E-state index contributed by atoms with van der Waals surface area (Å²) >= 11 is 0. The van der Waals surface area contributed by atoms with Gasteiger partial charge in [-0.05, 0) is 51.1 Å². The van der Waals surface area contributed by atoms with Crippen molar-refractivity contribution in [2.75, 3.05) is 33.8 Å². The number of methoxy groups -OCH3 is 1. The second kappa shape index (κ2) is 18.2. The number of unbranched alkanes of at least 4 members (excludes halogenated alkanes) is 1. The highest BCUT2D eigenvalue weighted by molar-refractivity contribution is 5.79. The molecule has 174 valence electrons. The fraction of sp³-hybridized carbons (Fsp3) is 0.960. The van der Waals surface area contributed by atoms with Crippen molar-refractivity contribution in [3.05, 3.63) is 0 Å². The van der Waals surface area contributed by atoms with Gasteiger partial charge < -0.3 is 9.47 Å². The fourth-order valence-electron chi connectivity index (χ4n) is 4.17. The van der Waals surface area contributed by atoms with Crippen LogP contribution in [0.5, 0.6) is 0 Å². The van der Waals surface area contributed by atoms with E-state index < -0.39 is 0 Å². The molecule has 1 heterocycles. The molecule has 0 N–H and O–H groups in total. The Hall–Kier alpha value is -0.610. The van der Waals surface area contributed by atoms with Gasteiger partial charge >= 0.3 is 0 Å². The summed E-state index contributed by atoms with van der Waals surface area (Å²) in [6.45, 7) is 16.5. The van der Waals surface area contributed by atoms with Crippen molar-refractivity contribution < 1.29 is 9.47 Å². The Balaban J connectivity index is 0.00000379. The molecule has 1 aliphatic heterocycles. The van der Waals surface area contributed by atoms with Gasteiger partial charge in [0.15, 0.2) is 5.90 Å². The Morgan fingerprint density at radius 2 is 1.69 bits per heavy atom. The van der Waals surface area contributed by atoms with Crippen LogP contribution in [-0.4, -0.2) is 56.8 Å². The lowest BCUT2D eigenvalue weighted by Gasteiger charge is -2.34. The van der Waals surface area contributed by atoms with Gasteiger partial charge in [0.1, 0.15) is 6.10 Å². The van der Waals surface area contributed by atoms with Crippen molar-refractivity contribution in [2.45, 2.75) is 112 Å². The molecule has 0 aromatic heterocycles. The molecular weight excluding hydrogens is 360 g/mol. The van der Waals surface area contributed by atoms with Crippen LogP contribution in [0.3, 0.4) is 0 Å². The van der Waals surface area contributed by atoms with Crippen LogP contribution in [-0.2, 0) is 9.47 Å². The third-order valence-corrected chi connectivity index (χ3v) is 6.13. The van der Waals surface area contributed by atoms with Crippen LogP contribution in [0.25, 0.3) is 0 Å². The van der Waals surface area contributed by atoms with Crippen LogP contribution < -0.4 is 0 Å². The van der Waals surface area contributed by atoms with Crippen LogP contribution >= 0.6 is 0 Å². The van der Waals surface area contributed by atoms with Crippen LogP contribution in [0.4, 0.5) is 0 Å². The predicted molar refractivity (Wildman–Crippen MR) is 128 cm³/mol. The summed E-state index contributed by atoms with van der Waals surface area (Å²) in [5, 5.41) is 0. The first-order chi connectivity index (χ1) is 14.1. The molecule has 29 heavy (non-hydrogen) atoms. The molecule has 4 nitrogen and oxygen atoms in total. The second-order valence-electron chi connectivity index (χ2n) is 8.34. The summed E-state index contributed by atoms with van der Waals surface area (Å²) in [6.07, 6.45) is 11.2. The SMILES string of the molecule is CC.CCCCC(OC)C(CC)C(=NC)OC(CC(C)CC)CN1CCCCC1. The molecule has 4 heteroatoms. The smallest absolute Gasteiger partial charge is 0.189 e. The molecule has 0 saturated carbocycles. The topological polar surface area (TPSA) is 34.1 Å². The Morgan fingerprint density at radius 1 is 1.03 bits per heavy atom. The molecule has 1 rings (SSSR count). The van der Waals surface area contributed by atoms with E-state index in [2.05, 4.69) is 37.6 Å². The van der Waals surface area contributed by atoms with E-state index in [1.807, 2.05) is 28.0 Å². The summed E-state index contributed by atoms with van der Waals surface area (Å²) < 4.78 is 12.5. The maximum atomic E-state index is 6.62. The number of likely N-dealkylation sites (tertiary alicyclic amines) is 1. The van der Waals surface area contributed by atoms with Crippen LogP contribution in [0.2, 0.25) is 0 Å². The zero-order valence-electron chi connectivity index (χ0n) is 21.0. The normalized spacial score (nSPS) is 19.7. The minimum atomic E-state index is 0.202. The highest BCUT2D eigenvalue weighted by atomic mass is 16.5. The maximum absolute atomic E-state index is 6.62. The zero-order chi connectivity index (χ0) is 22.1. The molecule has 1 fully saturated rings. The first kappa shape index (κ1) is 28.4. The van der Waals surface area contributed by atoms with Crippen molar-refractivity contribution in [1.82, 2.24) is 4.90 Å². The molecule has 0 spiro atoms. The average molecular weight is 413 g/mol. The van der Waals surface area contributed by atoms with E-state index in [9.17, 15) is 0 Å². The van der Waals surface area contributed by atoms with Gasteiger partial charge in [0.25, 0.3) is 0 Å². The van der Waals surface area contributed by atoms with Gasteiger partial charge in [0.2, 0.25) is 0 Å². The summed E-state index contributed by atoms with van der Waals surface area (Å²) in [4.78, 5) is 7.19. The van der Waals surface area contributed by atoms with E-state index in [0.29, 0.717) is 5.92 Å². The van der Waals surface area contributed by atoms with Gasteiger partial charge in [-0.2, -0.15) is 0 Å². The molecule has 0 radical (unpaired) electrons. The van der Waals surface area contributed by atoms with Crippen molar-refractivity contribution in [2.24, 2.45) is 16.8 Å². The van der Waals surface area contributed by atoms with Crippen LogP contribution in [0.15, 0.2) is 4.99 Å². The number of piperidine rings is 1. The Kier molecular flexibility index (Phi) is 17.8. The van der Waals surface area contributed by atoms with Gasteiger partial charge in [-0.25, -0.2) is 0 Å². The first-order valence-corrected chi connectivity index (χ1v) is 12.5. The third kappa shape index (κ3) is 11.4. The molecular formula is C25H52N2O2. The Labute approximate surface area is 182 Å². The van der Waals surface area contributed by atoms with E-state index in [-0.39, 0.29) is 18.1 Å². The number of aliphatic imine (C=N–C) groups is 1. The minimum Gasteiger partial charge on any atom is -0.476 e. The van der Waals surface area contributed by atoms with Gasteiger partial charge in [0, 0.05) is 20.7 Å². The zero-order valence-corrected chi connectivity index (χ0v) is 21.0. The third-order valence-electron chi connectivity index (χ3n) is 6.13. The second-order valence-corrected chi connectivity index (χ2v) is 8.34. The van der Waals surface area contributed by atoms with Crippen LogP contribution in [0.1, 0.15) is 99.3 Å². The molecule has 1 saturated heterocycles. The van der Waals surface area contributed by atoms with Gasteiger partial charge in [-0.15, -0.1) is 0 Å². The summed E-state index contributed by atoms with van der Waals surface area (Å²) in [5.74, 6) is 1.84. The Bertz CT molecular complexity index is 394. The highest BCUT2D eigenvalue weighted by Crippen LogP contribution is 2.23. The summed E-state index contributed by atoms with van der Waals surface area (Å²) in [7, 11) is 3.71. The van der Waals surface area contributed by atoms with E-state index >= 15 is 0 Å². The first-order valence-electron chi connectivity index (χ1n) is 12.5. The van der Waals surface area contributed by atoms with Crippen molar-refractivity contribution in [3.8, 4) is 0 Å². The van der Waals surface area contributed by atoms with E-state index in [1.54, 1.807) is 0 Å². The standard InChI is InChI=1S/C23H46N2O2.C2H6/c1-7-10-14-22(26-6)21(9-3)23(24-5)27-20(17-19(4)8-2)18-25-15-12-11-13-16-25;1-2/h19-22H,7-18H2,1-6H3;1-2H3. The van der Waals surface area contributed by atoms with E-state index in [1.165, 1.54) is 51.6 Å². The van der Waals surface area contributed by atoms with Crippen molar-refractivity contribution in [3.63, 3.8) is 0 Å². The van der Waals surface area contributed by atoms with E-state index in [0.717, 1.165) is 31.7 Å². The lowest BCUT2D eigenvalue weighted by molar-refractivity contribution is 0.0402. The van der Waals surface area contributed by atoms with Gasteiger partial charge in [-0.1, -0.05) is 67.2 Å². The highest BCUT2D eigenvalue weighted by Gasteiger charge is 2.29. The molecule has 0 bridgehead atoms. The van der Waals surface area contributed by atoms with Crippen LogP contribution in [0, 0.1) is 11.8 Å². The lowest BCUT2D eigenvalue weighted by atomic mass is 9.94. The number of ether oxygens (including phenoxy) is 2. The molecule has 4 atom stereocenters. The number of rotatable bonds is 13. The molecule has 0 amide bonds. The number of nitrogens with zero attached hydrogens (tertiary/aromatic N) is 2. The van der Waals surface area contributed by atoms with E-state index in [4.69, 9.17) is 9.47 Å². The van der Waals surface area contributed by atoms with Gasteiger partial charge in [-0.3, -0.25) is 9.89 Å². The maximum Gasteiger partial charge on any atom is 0.189 e. The quantitative estimate of drug-likeness (QED) is 0.253. The number of hydrogen-bond donors (Lipinski definition) is 0. The summed E-state index contributed by atoms with van der Waals surface area (Å²) in [5.41, 5.74) is 0.